The highest BCUT2D eigenvalue weighted by Gasteiger charge is 2.25. The minimum absolute atomic E-state index is 0.0424. The number of H-pyrrole nitrogens is 1. The fourth-order valence-corrected chi connectivity index (χ4v) is 6.14. The fourth-order valence-electron chi connectivity index (χ4n) is 4.06. The van der Waals surface area contributed by atoms with Crippen molar-refractivity contribution in [3.05, 3.63) is 44.6 Å². The zero-order valence-electron chi connectivity index (χ0n) is 15.2. The van der Waals surface area contributed by atoms with Gasteiger partial charge in [0.25, 0.3) is 0 Å². The monoisotopic (exact) mass is 412 g/mol. The highest BCUT2D eigenvalue weighted by molar-refractivity contribution is 7.19. The van der Waals surface area contributed by atoms with Gasteiger partial charge in [-0.2, -0.15) is 0 Å². The van der Waals surface area contributed by atoms with Crippen molar-refractivity contribution in [1.82, 2.24) is 15.0 Å². The van der Waals surface area contributed by atoms with Crippen LogP contribution in [0, 0.1) is 5.92 Å². The van der Waals surface area contributed by atoms with Crippen molar-refractivity contribution in [2.24, 2.45) is 5.92 Å². The number of anilines is 2. The first kappa shape index (κ1) is 17.8. The number of rotatable bonds is 5. The Kier molecular flexibility index (Phi) is 4.62. The molecule has 0 saturated heterocycles. The van der Waals surface area contributed by atoms with E-state index in [0.29, 0.717) is 5.92 Å². The number of aryl methyl sites for hydroxylation is 1. The molecule has 1 aliphatic carbocycles. The molecular weight excluding hydrogens is 392 g/mol. The Balaban J connectivity index is 1.49. The maximum absolute atomic E-state index is 11.6. The number of aromatic amines is 1. The van der Waals surface area contributed by atoms with E-state index in [9.17, 15) is 4.79 Å². The summed E-state index contributed by atoms with van der Waals surface area (Å²) < 4.78 is 0.930. The van der Waals surface area contributed by atoms with Crippen molar-refractivity contribution in [2.75, 3.05) is 11.9 Å². The van der Waals surface area contributed by atoms with Gasteiger partial charge in [0, 0.05) is 17.2 Å². The van der Waals surface area contributed by atoms with Crippen LogP contribution in [0.1, 0.15) is 29.7 Å². The molecule has 28 heavy (non-hydrogen) atoms. The Bertz CT molecular complexity index is 1210. The molecule has 0 saturated carbocycles. The highest BCUT2D eigenvalue weighted by atomic mass is 32.1. The van der Waals surface area contributed by atoms with E-state index in [-0.39, 0.29) is 11.5 Å². The van der Waals surface area contributed by atoms with Crippen LogP contribution < -0.4 is 10.2 Å². The van der Waals surface area contributed by atoms with Crippen LogP contribution in [-0.2, 0) is 12.8 Å². The SMILES string of the molecule is O=c1[nH]c2ccc(Nc3ncnc4sc5c(c34)CCC(CCCO)C5)cc2s1. The van der Waals surface area contributed by atoms with E-state index in [2.05, 4.69) is 20.3 Å². The summed E-state index contributed by atoms with van der Waals surface area (Å²) in [6, 6.07) is 5.86. The van der Waals surface area contributed by atoms with Crippen LogP contribution in [0.15, 0.2) is 29.3 Å². The first-order chi connectivity index (χ1) is 13.7. The van der Waals surface area contributed by atoms with Crippen molar-refractivity contribution < 1.29 is 5.11 Å². The van der Waals surface area contributed by atoms with Crippen LogP contribution >= 0.6 is 22.7 Å². The smallest absolute Gasteiger partial charge is 0.305 e. The molecule has 6 nitrogen and oxygen atoms in total. The largest absolute Gasteiger partial charge is 0.396 e. The number of hydrogen-bond donors (Lipinski definition) is 3. The van der Waals surface area contributed by atoms with Gasteiger partial charge in [-0.1, -0.05) is 11.3 Å². The van der Waals surface area contributed by atoms with Gasteiger partial charge < -0.3 is 15.4 Å². The van der Waals surface area contributed by atoms with Crippen LogP contribution in [0.2, 0.25) is 0 Å². The summed E-state index contributed by atoms with van der Waals surface area (Å²) in [6.07, 6.45) is 6.83. The first-order valence-electron chi connectivity index (χ1n) is 9.47. The molecule has 8 heteroatoms. The molecular formula is C20H20N4O2S2. The zero-order chi connectivity index (χ0) is 19.1. The number of aromatic nitrogens is 3. The van der Waals surface area contributed by atoms with Gasteiger partial charge in [0.1, 0.15) is 17.0 Å². The van der Waals surface area contributed by atoms with E-state index in [1.807, 2.05) is 18.2 Å². The van der Waals surface area contributed by atoms with Crippen LogP contribution in [0.3, 0.4) is 0 Å². The topological polar surface area (TPSA) is 90.9 Å². The number of hydrogen-bond acceptors (Lipinski definition) is 7. The molecule has 1 aromatic carbocycles. The molecule has 0 radical (unpaired) electrons. The number of aliphatic hydroxyl groups excluding tert-OH is 1. The van der Waals surface area contributed by atoms with Crippen LogP contribution in [0.5, 0.6) is 0 Å². The third kappa shape index (κ3) is 3.21. The molecule has 144 valence electrons. The van der Waals surface area contributed by atoms with E-state index in [0.717, 1.165) is 64.0 Å². The molecule has 3 aromatic heterocycles. The van der Waals surface area contributed by atoms with Crippen LogP contribution in [0.25, 0.3) is 20.4 Å². The van der Waals surface area contributed by atoms with Gasteiger partial charge in [0.05, 0.1) is 15.6 Å². The van der Waals surface area contributed by atoms with Crippen LogP contribution in [0.4, 0.5) is 11.5 Å². The van der Waals surface area contributed by atoms with Gasteiger partial charge >= 0.3 is 4.87 Å². The number of thiazole rings is 1. The number of nitrogens with one attached hydrogen (secondary N) is 2. The number of fused-ring (bicyclic) bond motifs is 4. The van der Waals surface area contributed by atoms with Crippen molar-refractivity contribution in [1.29, 1.82) is 0 Å². The molecule has 5 rings (SSSR count). The Morgan fingerprint density at radius 2 is 2.21 bits per heavy atom. The van der Waals surface area contributed by atoms with Crippen molar-refractivity contribution in [2.45, 2.75) is 32.1 Å². The summed E-state index contributed by atoms with van der Waals surface area (Å²) in [4.78, 5) is 25.8. The Labute approximate surface area is 169 Å². The van der Waals surface area contributed by atoms with E-state index in [4.69, 9.17) is 5.11 Å². The summed E-state index contributed by atoms with van der Waals surface area (Å²) in [5.41, 5.74) is 3.14. The summed E-state index contributed by atoms with van der Waals surface area (Å²) in [5, 5.41) is 13.7. The van der Waals surface area contributed by atoms with Gasteiger partial charge in [-0.05, 0) is 61.8 Å². The van der Waals surface area contributed by atoms with E-state index >= 15 is 0 Å². The molecule has 0 spiro atoms. The second-order valence-electron chi connectivity index (χ2n) is 7.23. The van der Waals surface area contributed by atoms with Gasteiger partial charge in [0.2, 0.25) is 0 Å². The number of nitrogens with zero attached hydrogens (tertiary/aromatic N) is 2. The molecule has 3 N–H and O–H groups in total. The number of aliphatic hydroxyl groups is 1. The lowest BCUT2D eigenvalue weighted by Gasteiger charge is -2.22. The summed E-state index contributed by atoms with van der Waals surface area (Å²) in [5.74, 6) is 1.48. The normalized spacial score (nSPS) is 16.5. The Morgan fingerprint density at radius 1 is 1.29 bits per heavy atom. The third-order valence-corrected chi connectivity index (χ3v) is 7.41. The van der Waals surface area contributed by atoms with Gasteiger partial charge in [-0.25, -0.2) is 9.97 Å². The Morgan fingerprint density at radius 3 is 3.11 bits per heavy atom. The quantitative estimate of drug-likeness (QED) is 0.457. The van der Waals surface area contributed by atoms with Crippen molar-refractivity contribution in [3.8, 4) is 0 Å². The predicted molar refractivity (Wildman–Crippen MR) is 115 cm³/mol. The lowest BCUT2D eigenvalue weighted by molar-refractivity contribution is 0.266. The summed E-state index contributed by atoms with van der Waals surface area (Å²) >= 11 is 2.98. The second kappa shape index (κ2) is 7.27. The number of thiophene rings is 1. The molecule has 3 heterocycles. The molecule has 1 atom stereocenters. The minimum Gasteiger partial charge on any atom is -0.396 e. The van der Waals surface area contributed by atoms with Gasteiger partial charge in [-0.3, -0.25) is 4.79 Å². The molecule has 1 unspecified atom stereocenters. The van der Waals surface area contributed by atoms with E-state index < -0.39 is 0 Å². The van der Waals surface area contributed by atoms with Crippen molar-refractivity contribution in [3.63, 3.8) is 0 Å². The average Bonchev–Trinajstić information content (AvgIpc) is 3.25. The average molecular weight is 413 g/mol. The first-order valence-corrected chi connectivity index (χ1v) is 11.1. The van der Waals surface area contributed by atoms with Crippen molar-refractivity contribution >= 4 is 54.6 Å². The zero-order valence-corrected chi connectivity index (χ0v) is 16.8. The van der Waals surface area contributed by atoms with E-state index in [1.165, 1.54) is 21.8 Å². The van der Waals surface area contributed by atoms with Gasteiger partial charge in [-0.15, -0.1) is 11.3 Å². The molecule has 0 amide bonds. The molecule has 0 aliphatic heterocycles. The summed E-state index contributed by atoms with van der Waals surface area (Å²) in [6.45, 7) is 0.273. The molecule has 1 aliphatic rings. The maximum Gasteiger partial charge on any atom is 0.305 e. The molecule has 0 bridgehead atoms. The molecule has 4 aromatic rings. The lowest BCUT2D eigenvalue weighted by Crippen LogP contribution is -2.13. The predicted octanol–water partition coefficient (Wildman–Crippen LogP) is 4.22. The molecule has 0 fully saturated rings. The van der Waals surface area contributed by atoms with Crippen LogP contribution in [-0.4, -0.2) is 26.7 Å². The number of benzene rings is 1. The standard InChI is InChI=1S/C20H20N4O2S2/c25-7-1-2-11-3-5-13-15(8-11)27-19-17(13)18(21-10-22-19)23-12-4-6-14-16(9-12)28-20(26)24-14/h4,6,9-11,25H,1-3,5,7-8H2,(H,24,26)(H,21,22,23). The Hall–Kier alpha value is -2.29. The second-order valence-corrected chi connectivity index (χ2v) is 9.33. The maximum atomic E-state index is 11.6. The fraction of sp³-hybridized carbons (Fsp3) is 0.350. The summed E-state index contributed by atoms with van der Waals surface area (Å²) in [7, 11) is 0. The van der Waals surface area contributed by atoms with E-state index in [1.54, 1.807) is 17.7 Å². The third-order valence-electron chi connectivity index (χ3n) is 5.40. The minimum atomic E-state index is -0.0424. The highest BCUT2D eigenvalue weighted by Crippen LogP contribution is 2.41. The van der Waals surface area contributed by atoms with Gasteiger partial charge in [0.15, 0.2) is 0 Å². The lowest BCUT2D eigenvalue weighted by atomic mass is 9.85.